The largest absolute Gasteiger partial charge is 0.492 e. The van der Waals surface area contributed by atoms with Gasteiger partial charge in [0.05, 0.1) is 18.7 Å². The highest BCUT2D eigenvalue weighted by atomic mass is 16.5. The van der Waals surface area contributed by atoms with Crippen LogP contribution in [-0.2, 0) is 11.8 Å². The van der Waals surface area contributed by atoms with E-state index in [2.05, 4.69) is 58.8 Å². The molecule has 0 aliphatic carbocycles. The number of aryl methyl sites for hydroxylation is 2. The molecule has 4 aromatic rings. The first-order chi connectivity index (χ1) is 13.7. The maximum Gasteiger partial charge on any atom is 0.120 e. The minimum Gasteiger partial charge on any atom is -0.492 e. The Labute approximate surface area is 164 Å². The Bertz CT molecular complexity index is 1160. The van der Waals surface area contributed by atoms with Crippen LogP contribution < -0.4 is 4.74 Å². The molecule has 1 aliphatic rings. The maximum atomic E-state index is 6.09. The van der Waals surface area contributed by atoms with E-state index in [4.69, 9.17) is 9.47 Å². The first kappa shape index (κ1) is 17.5. The fourth-order valence-corrected chi connectivity index (χ4v) is 4.41. The highest BCUT2D eigenvalue weighted by molar-refractivity contribution is 6.14. The second kappa shape index (κ2) is 7.08. The van der Waals surface area contributed by atoms with Crippen molar-refractivity contribution in [2.75, 3.05) is 39.5 Å². The van der Waals surface area contributed by atoms with Crippen molar-refractivity contribution in [3.05, 3.63) is 48.3 Å². The summed E-state index contributed by atoms with van der Waals surface area (Å²) in [5.74, 6) is 0.928. The van der Waals surface area contributed by atoms with Gasteiger partial charge in [-0.1, -0.05) is 0 Å². The van der Waals surface area contributed by atoms with Gasteiger partial charge in [-0.2, -0.15) is 0 Å². The number of morpholine rings is 1. The van der Waals surface area contributed by atoms with Crippen LogP contribution in [0.15, 0.2) is 42.7 Å². The van der Waals surface area contributed by atoms with Gasteiger partial charge in [0.1, 0.15) is 12.4 Å². The van der Waals surface area contributed by atoms with Crippen molar-refractivity contribution in [3.63, 3.8) is 0 Å². The summed E-state index contributed by atoms with van der Waals surface area (Å²) in [6, 6.07) is 10.8. The second-order valence-electron chi connectivity index (χ2n) is 7.53. The van der Waals surface area contributed by atoms with Crippen LogP contribution in [-0.4, -0.2) is 53.9 Å². The van der Waals surface area contributed by atoms with Crippen LogP contribution in [0.25, 0.3) is 32.6 Å². The maximum absolute atomic E-state index is 6.09. The van der Waals surface area contributed by atoms with Crippen molar-refractivity contribution < 1.29 is 9.47 Å². The lowest BCUT2D eigenvalue weighted by molar-refractivity contribution is 0.0322. The third-order valence-corrected chi connectivity index (χ3v) is 5.90. The van der Waals surface area contributed by atoms with Crippen molar-refractivity contribution in [1.82, 2.24) is 14.5 Å². The van der Waals surface area contributed by atoms with Gasteiger partial charge in [0.2, 0.25) is 0 Å². The zero-order valence-corrected chi connectivity index (χ0v) is 16.4. The molecule has 3 heterocycles. The second-order valence-corrected chi connectivity index (χ2v) is 7.53. The van der Waals surface area contributed by atoms with Crippen LogP contribution in [0, 0.1) is 6.92 Å². The van der Waals surface area contributed by atoms with Crippen molar-refractivity contribution in [1.29, 1.82) is 0 Å². The van der Waals surface area contributed by atoms with E-state index in [1.165, 1.54) is 38.1 Å². The molecular formula is C23H25N3O2. The van der Waals surface area contributed by atoms with Gasteiger partial charge in [-0.25, -0.2) is 0 Å². The lowest BCUT2D eigenvalue weighted by Gasteiger charge is -2.26. The SMILES string of the molecule is Cc1c2ccncc2cc2c3cc(OCCN4CCOCC4)ccc3n(C)c12. The Kier molecular flexibility index (Phi) is 4.41. The number of pyridine rings is 1. The van der Waals surface area contributed by atoms with Gasteiger partial charge in [-0.15, -0.1) is 0 Å². The monoisotopic (exact) mass is 375 g/mol. The topological polar surface area (TPSA) is 39.5 Å². The highest BCUT2D eigenvalue weighted by Gasteiger charge is 2.14. The smallest absolute Gasteiger partial charge is 0.120 e. The number of fused-ring (bicyclic) bond motifs is 4. The molecule has 144 valence electrons. The Morgan fingerprint density at radius 2 is 1.93 bits per heavy atom. The molecule has 28 heavy (non-hydrogen) atoms. The summed E-state index contributed by atoms with van der Waals surface area (Å²) >= 11 is 0. The lowest BCUT2D eigenvalue weighted by atomic mass is 10.0. The molecule has 5 heteroatoms. The van der Waals surface area contributed by atoms with Gasteiger partial charge in [0, 0.05) is 60.8 Å². The molecule has 2 aromatic heterocycles. The molecule has 1 fully saturated rings. The van der Waals surface area contributed by atoms with Gasteiger partial charge >= 0.3 is 0 Å². The minimum atomic E-state index is 0.697. The molecule has 0 amide bonds. The van der Waals surface area contributed by atoms with Crippen molar-refractivity contribution in [2.45, 2.75) is 6.92 Å². The molecule has 5 nitrogen and oxygen atoms in total. The van der Waals surface area contributed by atoms with Crippen LogP contribution in [0.2, 0.25) is 0 Å². The van der Waals surface area contributed by atoms with E-state index in [1.54, 1.807) is 0 Å². The summed E-state index contributed by atoms with van der Waals surface area (Å²) in [6.45, 7) is 7.46. The Balaban J connectivity index is 1.50. The van der Waals surface area contributed by atoms with Crippen LogP contribution >= 0.6 is 0 Å². The van der Waals surface area contributed by atoms with Gasteiger partial charge in [0.25, 0.3) is 0 Å². The van der Waals surface area contributed by atoms with E-state index < -0.39 is 0 Å². The van der Waals surface area contributed by atoms with Gasteiger partial charge in [-0.3, -0.25) is 9.88 Å². The fraction of sp³-hybridized carbons (Fsp3) is 0.348. The molecule has 0 radical (unpaired) electrons. The number of ether oxygens (including phenoxy) is 2. The minimum absolute atomic E-state index is 0.697. The van der Waals surface area contributed by atoms with Crippen molar-refractivity contribution in [3.8, 4) is 5.75 Å². The first-order valence-corrected chi connectivity index (χ1v) is 9.91. The van der Waals surface area contributed by atoms with E-state index >= 15 is 0 Å². The predicted molar refractivity (Wildman–Crippen MR) is 113 cm³/mol. The Morgan fingerprint density at radius 1 is 1.07 bits per heavy atom. The summed E-state index contributed by atoms with van der Waals surface area (Å²) in [6.07, 6.45) is 3.81. The van der Waals surface area contributed by atoms with E-state index in [0.29, 0.717) is 6.61 Å². The third-order valence-electron chi connectivity index (χ3n) is 5.90. The molecular weight excluding hydrogens is 350 g/mol. The van der Waals surface area contributed by atoms with Gasteiger partial charge in [-0.05, 0) is 48.2 Å². The average Bonchev–Trinajstić information content (AvgIpc) is 3.01. The number of aromatic nitrogens is 2. The summed E-state index contributed by atoms with van der Waals surface area (Å²) in [4.78, 5) is 6.70. The predicted octanol–water partition coefficient (Wildman–Crippen LogP) is 3.90. The van der Waals surface area contributed by atoms with Crippen molar-refractivity contribution in [2.24, 2.45) is 7.05 Å². The van der Waals surface area contributed by atoms with Crippen molar-refractivity contribution >= 4 is 32.6 Å². The molecule has 1 saturated heterocycles. The lowest BCUT2D eigenvalue weighted by Crippen LogP contribution is -2.38. The number of rotatable bonds is 4. The molecule has 0 bridgehead atoms. The summed E-state index contributed by atoms with van der Waals surface area (Å²) in [5, 5.41) is 4.93. The molecule has 0 unspecified atom stereocenters. The molecule has 0 saturated carbocycles. The quantitative estimate of drug-likeness (QED) is 0.542. The number of nitrogens with zero attached hydrogens (tertiary/aromatic N) is 3. The van der Waals surface area contributed by atoms with Gasteiger partial charge < -0.3 is 14.0 Å². The standard InChI is InChI=1S/C23H25N3O2/c1-16-19-5-6-24-15-17(19)13-21-20-14-18(3-4-22(20)25(2)23(16)21)28-12-9-26-7-10-27-11-8-26/h3-6,13-15H,7-12H2,1-2H3. The highest BCUT2D eigenvalue weighted by Crippen LogP contribution is 2.36. The summed E-state index contributed by atoms with van der Waals surface area (Å²) in [7, 11) is 2.14. The molecule has 0 atom stereocenters. The van der Waals surface area contributed by atoms with E-state index in [-0.39, 0.29) is 0 Å². The third kappa shape index (κ3) is 2.91. The van der Waals surface area contributed by atoms with E-state index in [0.717, 1.165) is 38.6 Å². The molecule has 1 aliphatic heterocycles. The molecule has 5 rings (SSSR count). The average molecular weight is 375 g/mol. The molecule has 0 spiro atoms. The van der Waals surface area contributed by atoms with E-state index in [1.807, 2.05) is 12.4 Å². The number of hydrogen-bond donors (Lipinski definition) is 0. The van der Waals surface area contributed by atoms with Crippen LogP contribution in [0.3, 0.4) is 0 Å². The molecule has 0 N–H and O–H groups in total. The Hall–Kier alpha value is -2.63. The summed E-state index contributed by atoms with van der Waals surface area (Å²) < 4.78 is 13.8. The van der Waals surface area contributed by atoms with Crippen LogP contribution in [0.1, 0.15) is 5.56 Å². The van der Waals surface area contributed by atoms with Crippen LogP contribution in [0.4, 0.5) is 0 Å². The van der Waals surface area contributed by atoms with Crippen LogP contribution in [0.5, 0.6) is 5.75 Å². The zero-order chi connectivity index (χ0) is 19.1. The Morgan fingerprint density at radius 3 is 2.79 bits per heavy atom. The zero-order valence-electron chi connectivity index (χ0n) is 16.4. The van der Waals surface area contributed by atoms with Gasteiger partial charge in [0.15, 0.2) is 0 Å². The number of hydrogen-bond acceptors (Lipinski definition) is 4. The number of benzene rings is 2. The summed E-state index contributed by atoms with van der Waals surface area (Å²) in [5.41, 5.74) is 3.80. The normalized spacial score (nSPS) is 15.6. The molecule has 2 aromatic carbocycles. The first-order valence-electron chi connectivity index (χ1n) is 9.91. The fourth-order valence-electron chi connectivity index (χ4n) is 4.41. The van der Waals surface area contributed by atoms with E-state index in [9.17, 15) is 0 Å².